The van der Waals surface area contributed by atoms with Crippen LogP contribution in [0.25, 0.3) is 0 Å². The molecule has 1 saturated heterocycles. The van der Waals surface area contributed by atoms with E-state index in [-0.39, 0.29) is 18.9 Å². The molecule has 0 spiro atoms. The van der Waals surface area contributed by atoms with E-state index in [1.807, 2.05) is 25.1 Å². The molecule has 0 saturated carbocycles. The van der Waals surface area contributed by atoms with Crippen LogP contribution in [-0.2, 0) is 25.5 Å². The van der Waals surface area contributed by atoms with E-state index in [1.54, 1.807) is 36.3 Å². The summed E-state index contributed by atoms with van der Waals surface area (Å²) in [5.74, 6) is -0.160. The predicted octanol–water partition coefficient (Wildman–Crippen LogP) is 2.85. The maximum Gasteiger partial charge on any atom is 0.310 e. The molecular weight excluding hydrogens is 372 g/mol. The number of carbonyl (C=O) groups is 3. The van der Waals surface area contributed by atoms with Gasteiger partial charge in [0.1, 0.15) is 5.75 Å². The lowest BCUT2D eigenvalue weighted by Crippen LogP contribution is -2.24. The van der Waals surface area contributed by atoms with Gasteiger partial charge in [0, 0.05) is 24.3 Å². The van der Waals surface area contributed by atoms with Gasteiger partial charge in [-0.1, -0.05) is 18.2 Å². The minimum Gasteiger partial charge on any atom is -0.496 e. The van der Waals surface area contributed by atoms with Crippen molar-refractivity contribution in [3.8, 4) is 5.75 Å². The van der Waals surface area contributed by atoms with Gasteiger partial charge in [-0.3, -0.25) is 14.4 Å². The van der Waals surface area contributed by atoms with E-state index >= 15 is 0 Å². The number of rotatable bonds is 7. The van der Waals surface area contributed by atoms with Gasteiger partial charge >= 0.3 is 5.97 Å². The molecule has 1 N–H and O–H groups in total. The first-order valence-corrected chi connectivity index (χ1v) is 9.45. The predicted molar refractivity (Wildman–Crippen MR) is 109 cm³/mol. The molecule has 1 aliphatic heterocycles. The zero-order chi connectivity index (χ0) is 20.8. The highest BCUT2D eigenvalue weighted by Gasteiger charge is 2.21. The molecule has 0 aliphatic carbocycles. The summed E-state index contributed by atoms with van der Waals surface area (Å²) in [6.07, 6.45) is 1.42. The van der Waals surface area contributed by atoms with Gasteiger partial charge in [0.05, 0.1) is 13.5 Å². The zero-order valence-corrected chi connectivity index (χ0v) is 16.6. The van der Waals surface area contributed by atoms with E-state index in [2.05, 4.69) is 5.32 Å². The molecule has 2 amide bonds. The first-order valence-electron chi connectivity index (χ1n) is 9.45. The second kappa shape index (κ2) is 9.23. The van der Waals surface area contributed by atoms with Crippen molar-refractivity contribution in [2.45, 2.75) is 26.2 Å². The molecule has 0 unspecified atom stereocenters. The highest BCUT2D eigenvalue weighted by atomic mass is 16.5. The Labute approximate surface area is 169 Å². The van der Waals surface area contributed by atoms with Crippen LogP contribution in [0.2, 0.25) is 0 Å². The topological polar surface area (TPSA) is 84.9 Å². The number of nitrogens with zero attached hydrogens (tertiary/aromatic N) is 1. The third-order valence-electron chi connectivity index (χ3n) is 4.70. The fraction of sp³-hybridized carbons (Fsp3) is 0.318. The maximum atomic E-state index is 12.1. The Hall–Kier alpha value is -3.35. The van der Waals surface area contributed by atoms with Gasteiger partial charge in [0.25, 0.3) is 5.91 Å². The number of benzene rings is 2. The summed E-state index contributed by atoms with van der Waals surface area (Å²) in [7, 11) is 1.57. The zero-order valence-electron chi connectivity index (χ0n) is 16.6. The Balaban J connectivity index is 1.51. The van der Waals surface area contributed by atoms with E-state index in [9.17, 15) is 14.4 Å². The summed E-state index contributed by atoms with van der Waals surface area (Å²) in [5, 5.41) is 2.69. The molecule has 1 aliphatic rings. The number of hydrogen-bond donors (Lipinski definition) is 1. The van der Waals surface area contributed by atoms with Crippen molar-refractivity contribution < 1.29 is 23.9 Å². The van der Waals surface area contributed by atoms with Gasteiger partial charge in [-0.25, -0.2) is 0 Å². The van der Waals surface area contributed by atoms with Crippen LogP contribution in [0.5, 0.6) is 5.75 Å². The molecule has 0 radical (unpaired) electrons. The number of anilines is 2. The number of carbonyl (C=O) groups excluding carboxylic acids is 3. The lowest BCUT2D eigenvalue weighted by atomic mass is 10.1. The Bertz CT molecular complexity index is 925. The SMILES string of the molecule is COc1cc(CC(=O)OCC(=O)Nc2cccc(N3CCCC3=O)c2)ccc1C. The molecule has 2 aromatic carbocycles. The summed E-state index contributed by atoms with van der Waals surface area (Å²) >= 11 is 0. The van der Waals surface area contributed by atoms with E-state index in [0.29, 0.717) is 24.4 Å². The second-order valence-corrected chi connectivity index (χ2v) is 6.89. The molecule has 0 atom stereocenters. The van der Waals surface area contributed by atoms with Gasteiger partial charge in [-0.05, 0) is 48.7 Å². The van der Waals surface area contributed by atoms with Gasteiger partial charge in [-0.2, -0.15) is 0 Å². The summed E-state index contributed by atoms with van der Waals surface area (Å²) in [4.78, 5) is 37.7. The average molecular weight is 396 g/mol. The summed E-state index contributed by atoms with van der Waals surface area (Å²) in [6.45, 7) is 2.21. The molecule has 1 heterocycles. The summed E-state index contributed by atoms with van der Waals surface area (Å²) < 4.78 is 10.3. The number of aryl methyl sites for hydroxylation is 1. The van der Waals surface area contributed by atoms with E-state index in [4.69, 9.17) is 9.47 Å². The highest BCUT2D eigenvalue weighted by molar-refractivity contribution is 5.97. The molecule has 0 aromatic heterocycles. The molecular formula is C22H24N2O5. The number of amides is 2. The van der Waals surface area contributed by atoms with Crippen molar-refractivity contribution in [3.63, 3.8) is 0 Å². The monoisotopic (exact) mass is 396 g/mol. The van der Waals surface area contributed by atoms with Crippen molar-refractivity contribution in [2.75, 3.05) is 30.5 Å². The van der Waals surface area contributed by atoms with Gasteiger partial charge in [-0.15, -0.1) is 0 Å². The van der Waals surface area contributed by atoms with Crippen molar-refractivity contribution >= 4 is 29.2 Å². The average Bonchev–Trinajstić information content (AvgIpc) is 3.14. The molecule has 1 fully saturated rings. The third kappa shape index (κ3) is 5.34. The van der Waals surface area contributed by atoms with E-state index in [1.165, 1.54) is 0 Å². The number of nitrogens with one attached hydrogen (secondary N) is 1. The fourth-order valence-corrected chi connectivity index (χ4v) is 3.21. The lowest BCUT2D eigenvalue weighted by Gasteiger charge is -2.16. The fourth-order valence-electron chi connectivity index (χ4n) is 3.21. The van der Waals surface area contributed by atoms with Gasteiger partial charge < -0.3 is 19.7 Å². The number of hydrogen-bond acceptors (Lipinski definition) is 5. The van der Waals surface area contributed by atoms with Crippen LogP contribution in [-0.4, -0.2) is 38.0 Å². The minimum atomic E-state index is -0.498. The van der Waals surface area contributed by atoms with Crippen LogP contribution in [0.4, 0.5) is 11.4 Å². The molecule has 152 valence electrons. The van der Waals surface area contributed by atoms with Crippen molar-refractivity contribution in [2.24, 2.45) is 0 Å². The Morgan fingerprint density at radius 3 is 2.72 bits per heavy atom. The van der Waals surface area contributed by atoms with Gasteiger partial charge in [0.15, 0.2) is 6.61 Å². The van der Waals surface area contributed by atoms with E-state index in [0.717, 1.165) is 23.2 Å². The maximum absolute atomic E-state index is 12.1. The van der Waals surface area contributed by atoms with Crippen molar-refractivity contribution in [3.05, 3.63) is 53.6 Å². The quantitative estimate of drug-likeness (QED) is 0.728. The largest absolute Gasteiger partial charge is 0.496 e. The number of esters is 1. The van der Waals surface area contributed by atoms with Crippen LogP contribution in [0.15, 0.2) is 42.5 Å². The van der Waals surface area contributed by atoms with Crippen molar-refractivity contribution in [1.29, 1.82) is 0 Å². The van der Waals surface area contributed by atoms with Crippen LogP contribution in [0.1, 0.15) is 24.0 Å². The molecule has 3 rings (SSSR count). The molecule has 0 bridgehead atoms. The van der Waals surface area contributed by atoms with E-state index < -0.39 is 11.9 Å². The first-order chi connectivity index (χ1) is 14.0. The Morgan fingerprint density at radius 1 is 1.17 bits per heavy atom. The summed E-state index contributed by atoms with van der Waals surface area (Å²) in [6, 6.07) is 12.5. The number of methoxy groups -OCH3 is 1. The second-order valence-electron chi connectivity index (χ2n) is 6.89. The Kier molecular flexibility index (Phi) is 6.49. The first kappa shape index (κ1) is 20.4. The van der Waals surface area contributed by atoms with Crippen LogP contribution in [0.3, 0.4) is 0 Å². The number of ether oxygens (including phenoxy) is 2. The molecule has 2 aromatic rings. The Morgan fingerprint density at radius 2 is 2.00 bits per heavy atom. The third-order valence-corrected chi connectivity index (χ3v) is 4.70. The standard InChI is InChI=1S/C22H24N2O5/c1-15-8-9-16(11-19(15)28-2)12-22(27)29-14-20(25)23-17-5-3-6-18(13-17)24-10-4-7-21(24)26/h3,5-6,8-9,11,13H,4,7,10,12,14H2,1-2H3,(H,23,25). The molecule has 7 heteroatoms. The normalized spacial score (nSPS) is 13.3. The smallest absolute Gasteiger partial charge is 0.310 e. The molecule has 7 nitrogen and oxygen atoms in total. The van der Waals surface area contributed by atoms with Gasteiger partial charge in [0.2, 0.25) is 5.91 Å². The summed E-state index contributed by atoms with van der Waals surface area (Å²) in [5.41, 5.74) is 3.02. The van der Waals surface area contributed by atoms with Crippen LogP contribution >= 0.6 is 0 Å². The lowest BCUT2D eigenvalue weighted by molar-refractivity contribution is -0.146. The van der Waals surface area contributed by atoms with Crippen LogP contribution < -0.4 is 15.0 Å². The van der Waals surface area contributed by atoms with Crippen LogP contribution in [0, 0.1) is 6.92 Å². The molecule has 29 heavy (non-hydrogen) atoms. The minimum absolute atomic E-state index is 0.0521. The highest BCUT2D eigenvalue weighted by Crippen LogP contribution is 2.24. The van der Waals surface area contributed by atoms with Crippen molar-refractivity contribution in [1.82, 2.24) is 0 Å².